The topological polar surface area (TPSA) is 6.48 Å². The molecule has 0 bridgehead atoms. The Morgan fingerprint density at radius 2 is 2.18 bits per heavy atom. The smallest absolute Gasteiger partial charge is 0.0237 e. The first-order chi connectivity index (χ1) is 8.08. The van der Waals surface area contributed by atoms with Crippen LogP contribution >= 0.6 is 15.9 Å². The number of rotatable bonds is 3. The van der Waals surface area contributed by atoms with E-state index in [4.69, 9.17) is 0 Å². The first kappa shape index (κ1) is 13.1. The van der Waals surface area contributed by atoms with Crippen molar-refractivity contribution < 1.29 is 0 Å². The SMILES string of the molecule is CC1CN(CCN(C)C)Cc2cccc(Br)c21. The number of hydrogen-bond acceptors (Lipinski definition) is 2. The van der Waals surface area contributed by atoms with E-state index in [1.165, 1.54) is 22.1 Å². The molecule has 2 rings (SSSR count). The highest BCUT2D eigenvalue weighted by molar-refractivity contribution is 9.10. The molecule has 94 valence electrons. The van der Waals surface area contributed by atoms with E-state index >= 15 is 0 Å². The monoisotopic (exact) mass is 296 g/mol. The van der Waals surface area contributed by atoms with Gasteiger partial charge in [0.05, 0.1) is 0 Å². The molecule has 1 aromatic rings. The van der Waals surface area contributed by atoms with Crippen molar-refractivity contribution >= 4 is 15.9 Å². The standard InChI is InChI=1S/C14H21BrN2/c1-11-9-17(8-7-16(2)3)10-12-5-4-6-13(15)14(11)12/h4-6,11H,7-10H2,1-3H3. The number of halogens is 1. The zero-order chi connectivity index (χ0) is 12.4. The van der Waals surface area contributed by atoms with Crippen molar-refractivity contribution in [3.8, 4) is 0 Å². The molecule has 2 nitrogen and oxygen atoms in total. The molecule has 1 unspecified atom stereocenters. The Kier molecular flexibility index (Phi) is 4.23. The van der Waals surface area contributed by atoms with Gasteiger partial charge in [0.15, 0.2) is 0 Å². The molecule has 0 N–H and O–H groups in total. The van der Waals surface area contributed by atoms with E-state index in [9.17, 15) is 0 Å². The number of nitrogens with zero attached hydrogens (tertiary/aromatic N) is 2. The summed E-state index contributed by atoms with van der Waals surface area (Å²) < 4.78 is 1.27. The van der Waals surface area contributed by atoms with Crippen LogP contribution in [0, 0.1) is 0 Å². The van der Waals surface area contributed by atoms with Gasteiger partial charge in [-0.3, -0.25) is 4.90 Å². The van der Waals surface area contributed by atoms with E-state index in [1.807, 2.05) is 0 Å². The average Bonchev–Trinajstić information content (AvgIpc) is 2.26. The van der Waals surface area contributed by atoms with E-state index in [2.05, 4.69) is 64.9 Å². The van der Waals surface area contributed by atoms with Crippen LogP contribution in [0.3, 0.4) is 0 Å². The first-order valence-electron chi connectivity index (χ1n) is 6.22. The Bertz CT molecular complexity index is 390. The van der Waals surface area contributed by atoms with Gasteiger partial charge in [-0.25, -0.2) is 0 Å². The van der Waals surface area contributed by atoms with Crippen LogP contribution in [0.15, 0.2) is 22.7 Å². The van der Waals surface area contributed by atoms with Crippen molar-refractivity contribution in [3.05, 3.63) is 33.8 Å². The molecule has 1 aliphatic heterocycles. The normalized spacial score (nSPS) is 20.6. The summed E-state index contributed by atoms with van der Waals surface area (Å²) >= 11 is 3.68. The summed E-state index contributed by atoms with van der Waals surface area (Å²) in [4.78, 5) is 4.81. The van der Waals surface area contributed by atoms with Crippen LogP contribution in [0.5, 0.6) is 0 Å². The maximum Gasteiger partial charge on any atom is 0.0237 e. The highest BCUT2D eigenvalue weighted by Gasteiger charge is 2.23. The van der Waals surface area contributed by atoms with Crippen LogP contribution in [-0.4, -0.2) is 43.5 Å². The second-order valence-corrected chi connectivity index (χ2v) is 6.11. The summed E-state index contributed by atoms with van der Waals surface area (Å²) in [7, 11) is 4.27. The number of likely N-dealkylation sites (N-methyl/N-ethyl adjacent to an activating group) is 1. The predicted octanol–water partition coefficient (Wildman–Crippen LogP) is 2.93. The second-order valence-electron chi connectivity index (χ2n) is 5.25. The molecule has 1 atom stereocenters. The average molecular weight is 297 g/mol. The molecule has 0 aliphatic carbocycles. The van der Waals surface area contributed by atoms with Gasteiger partial charge in [0.1, 0.15) is 0 Å². The van der Waals surface area contributed by atoms with E-state index in [0.29, 0.717) is 5.92 Å². The molecular formula is C14H21BrN2. The Labute approximate surface area is 113 Å². The minimum absolute atomic E-state index is 0.622. The van der Waals surface area contributed by atoms with Crippen molar-refractivity contribution in [2.75, 3.05) is 33.7 Å². The van der Waals surface area contributed by atoms with Crippen molar-refractivity contribution in [1.29, 1.82) is 0 Å². The molecule has 0 radical (unpaired) electrons. The van der Waals surface area contributed by atoms with Gasteiger partial charge >= 0.3 is 0 Å². The summed E-state index contributed by atoms with van der Waals surface area (Å²) in [6.07, 6.45) is 0. The molecule has 3 heteroatoms. The summed E-state index contributed by atoms with van der Waals surface area (Å²) in [6, 6.07) is 6.56. The fourth-order valence-electron chi connectivity index (χ4n) is 2.57. The Morgan fingerprint density at radius 3 is 2.88 bits per heavy atom. The van der Waals surface area contributed by atoms with Crippen LogP contribution in [0.4, 0.5) is 0 Å². The Morgan fingerprint density at radius 1 is 1.41 bits per heavy atom. The van der Waals surface area contributed by atoms with Crippen molar-refractivity contribution in [2.24, 2.45) is 0 Å². The fourth-order valence-corrected chi connectivity index (χ4v) is 3.37. The third-order valence-corrected chi connectivity index (χ3v) is 4.12. The quantitative estimate of drug-likeness (QED) is 0.846. The summed E-state index contributed by atoms with van der Waals surface area (Å²) in [5.74, 6) is 0.622. The van der Waals surface area contributed by atoms with E-state index in [-0.39, 0.29) is 0 Å². The lowest BCUT2D eigenvalue weighted by Crippen LogP contribution is -2.37. The third kappa shape index (κ3) is 3.09. The molecule has 0 saturated carbocycles. The number of fused-ring (bicyclic) bond motifs is 1. The van der Waals surface area contributed by atoms with E-state index < -0.39 is 0 Å². The van der Waals surface area contributed by atoms with Gasteiger partial charge in [0, 0.05) is 30.7 Å². The van der Waals surface area contributed by atoms with Gasteiger partial charge < -0.3 is 4.90 Å². The van der Waals surface area contributed by atoms with Crippen molar-refractivity contribution in [3.63, 3.8) is 0 Å². The van der Waals surface area contributed by atoms with Crippen LogP contribution < -0.4 is 0 Å². The van der Waals surface area contributed by atoms with Crippen LogP contribution in [0.1, 0.15) is 24.0 Å². The molecule has 17 heavy (non-hydrogen) atoms. The number of benzene rings is 1. The van der Waals surface area contributed by atoms with Crippen molar-refractivity contribution in [2.45, 2.75) is 19.4 Å². The minimum Gasteiger partial charge on any atom is -0.308 e. The largest absolute Gasteiger partial charge is 0.308 e. The first-order valence-corrected chi connectivity index (χ1v) is 7.01. The molecule has 1 aliphatic rings. The predicted molar refractivity (Wildman–Crippen MR) is 76.4 cm³/mol. The highest BCUT2D eigenvalue weighted by Crippen LogP contribution is 2.33. The van der Waals surface area contributed by atoms with Gasteiger partial charge in [-0.15, -0.1) is 0 Å². The summed E-state index contributed by atoms with van der Waals surface area (Å²) in [5.41, 5.74) is 2.99. The van der Waals surface area contributed by atoms with Crippen LogP contribution in [-0.2, 0) is 6.54 Å². The summed E-state index contributed by atoms with van der Waals surface area (Å²) in [6.45, 7) is 6.88. The lowest BCUT2D eigenvalue weighted by Gasteiger charge is -2.34. The molecule has 1 heterocycles. The molecule has 0 spiro atoms. The maximum absolute atomic E-state index is 3.68. The molecule has 0 amide bonds. The van der Waals surface area contributed by atoms with E-state index in [0.717, 1.165) is 19.6 Å². The van der Waals surface area contributed by atoms with Gasteiger partial charge in [-0.1, -0.05) is 35.0 Å². The zero-order valence-corrected chi connectivity index (χ0v) is 12.5. The van der Waals surface area contributed by atoms with Gasteiger partial charge in [-0.05, 0) is 37.2 Å². The van der Waals surface area contributed by atoms with Crippen LogP contribution in [0.2, 0.25) is 0 Å². The highest BCUT2D eigenvalue weighted by atomic mass is 79.9. The molecule has 0 aromatic heterocycles. The van der Waals surface area contributed by atoms with Gasteiger partial charge in [0.2, 0.25) is 0 Å². The molecule has 1 aromatic carbocycles. The Balaban J connectivity index is 2.11. The van der Waals surface area contributed by atoms with Gasteiger partial charge in [0.25, 0.3) is 0 Å². The minimum atomic E-state index is 0.622. The molecule has 0 fully saturated rings. The third-order valence-electron chi connectivity index (χ3n) is 3.43. The Hall–Kier alpha value is -0.380. The number of hydrogen-bond donors (Lipinski definition) is 0. The molecular weight excluding hydrogens is 276 g/mol. The van der Waals surface area contributed by atoms with Crippen molar-refractivity contribution in [1.82, 2.24) is 9.80 Å². The second kappa shape index (κ2) is 5.51. The maximum atomic E-state index is 3.68. The fraction of sp³-hybridized carbons (Fsp3) is 0.571. The van der Waals surface area contributed by atoms with Crippen LogP contribution in [0.25, 0.3) is 0 Å². The van der Waals surface area contributed by atoms with E-state index in [1.54, 1.807) is 0 Å². The molecule has 0 saturated heterocycles. The zero-order valence-electron chi connectivity index (χ0n) is 10.9. The van der Waals surface area contributed by atoms with Gasteiger partial charge in [-0.2, -0.15) is 0 Å². The lowest BCUT2D eigenvalue weighted by molar-refractivity contribution is 0.210. The lowest BCUT2D eigenvalue weighted by atomic mass is 9.91. The summed E-state index contributed by atoms with van der Waals surface area (Å²) in [5, 5.41) is 0.